The van der Waals surface area contributed by atoms with Crippen LogP contribution in [0.1, 0.15) is 143 Å². The molecule has 0 aliphatic rings. The van der Waals surface area contributed by atoms with Crippen LogP contribution in [0.15, 0.2) is 0 Å². The highest BCUT2D eigenvalue weighted by atomic mass is 16.3. The van der Waals surface area contributed by atoms with Crippen LogP contribution < -0.4 is 0 Å². The third kappa shape index (κ3) is 31.7. The summed E-state index contributed by atoms with van der Waals surface area (Å²) in [6.45, 7) is 8.26. The van der Waals surface area contributed by atoms with Crippen molar-refractivity contribution in [3.63, 3.8) is 0 Å². The molecule has 2 atom stereocenters. The average molecular weight is 373 g/mol. The minimum Gasteiger partial charge on any atom is -0.393 e. The Morgan fingerprint density at radius 3 is 0.885 bits per heavy atom. The zero-order valence-electron chi connectivity index (χ0n) is 18.8. The first kappa shape index (κ1) is 28.1. The van der Waals surface area contributed by atoms with Crippen LogP contribution in [0.2, 0.25) is 0 Å². The number of aliphatic hydroxyl groups excluding tert-OH is 2. The van der Waals surface area contributed by atoms with E-state index in [1.807, 2.05) is 13.8 Å². The summed E-state index contributed by atoms with van der Waals surface area (Å²) in [5.74, 6) is 0. The summed E-state index contributed by atoms with van der Waals surface area (Å²) < 4.78 is 0. The fourth-order valence-electron chi connectivity index (χ4n) is 3.15. The van der Waals surface area contributed by atoms with E-state index in [9.17, 15) is 0 Å². The summed E-state index contributed by atoms with van der Waals surface area (Å²) in [7, 11) is 0. The van der Waals surface area contributed by atoms with E-state index < -0.39 is 0 Å². The highest BCUT2D eigenvalue weighted by molar-refractivity contribution is 4.50. The maximum Gasteiger partial charge on any atom is 0.0512 e. The van der Waals surface area contributed by atoms with Crippen molar-refractivity contribution < 1.29 is 10.2 Å². The maximum absolute atomic E-state index is 9.03. The molecule has 0 aromatic carbocycles. The molecule has 160 valence electrons. The van der Waals surface area contributed by atoms with Gasteiger partial charge in [-0.25, -0.2) is 0 Å². The van der Waals surface area contributed by atoms with Crippen molar-refractivity contribution >= 4 is 0 Å². The van der Waals surface area contributed by atoms with Crippen LogP contribution in [0.3, 0.4) is 0 Å². The third-order valence-corrected chi connectivity index (χ3v) is 4.95. The van der Waals surface area contributed by atoms with Crippen LogP contribution in [-0.4, -0.2) is 22.4 Å². The van der Waals surface area contributed by atoms with Gasteiger partial charge in [-0.1, -0.05) is 117 Å². The van der Waals surface area contributed by atoms with Crippen LogP contribution in [0.5, 0.6) is 0 Å². The molecule has 0 fully saturated rings. The normalized spacial score (nSPS) is 13.2. The first-order chi connectivity index (χ1) is 12.5. The number of hydrogen-bond acceptors (Lipinski definition) is 2. The summed E-state index contributed by atoms with van der Waals surface area (Å²) in [5.41, 5.74) is 0. The van der Waals surface area contributed by atoms with E-state index in [1.54, 1.807) is 0 Å². The summed E-state index contributed by atoms with van der Waals surface area (Å²) in [6, 6.07) is 0. The molecule has 2 nitrogen and oxygen atoms in total. The van der Waals surface area contributed by atoms with Crippen molar-refractivity contribution in [1.82, 2.24) is 0 Å². The lowest BCUT2D eigenvalue weighted by atomic mass is 10.1. The van der Waals surface area contributed by atoms with Gasteiger partial charge in [0.05, 0.1) is 12.2 Å². The van der Waals surface area contributed by atoms with Crippen LogP contribution in [0.4, 0.5) is 0 Å². The van der Waals surface area contributed by atoms with Crippen molar-refractivity contribution in [2.45, 2.75) is 155 Å². The Hall–Kier alpha value is -0.0800. The second-order valence-electron chi connectivity index (χ2n) is 8.23. The summed E-state index contributed by atoms with van der Waals surface area (Å²) in [6.07, 6.45) is 23.4. The zero-order chi connectivity index (χ0) is 19.9. The van der Waals surface area contributed by atoms with E-state index in [4.69, 9.17) is 10.2 Å². The van der Waals surface area contributed by atoms with Crippen LogP contribution in [-0.2, 0) is 0 Å². The molecular weight excluding hydrogens is 320 g/mol. The first-order valence-corrected chi connectivity index (χ1v) is 11.9. The molecule has 0 aromatic heterocycles. The van der Waals surface area contributed by atoms with Gasteiger partial charge in [-0.05, 0) is 26.7 Å². The lowest BCUT2D eigenvalue weighted by molar-refractivity contribution is 0.180. The van der Waals surface area contributed by atoms with Gasteiger partial charge >= 0.3 is 0 Å². The Kier molecular flexibility index (Phi) is 27.0. The quantitative estimate of drug-likeness (QED) is 0.241. The van der Waals surface area contributed by atoms with Gasteiger partial charge in [0.1, 0.15) is 0 Å². The lowest BCUT2D eigenvalue weighted by Crippen LogP contribution is -1.98. The van der Waals surface area contributed by atoms with Gasteiger partial charge in [0.15, 0.2) is 0 Å². The molecule has 0 amide bonds. The Labute approximate surface area is 166 Å². The summed E-state index contributed by atoms with van der Waals surface area (Å²) in [5, 5.41) is 18.1. The molecule has 0 saturated carbocycles. The molecule has 0 aromatic rings. The van der Waals surface area contributed by atoms with E-state index in [0.29, 0.717) is 0 Å². The fraction of sp³-hybridized carbons (Fsp3) is 1.00. The Balaban J connectivity index is 0. The monoisotopic (exact) mass is 372 g/mol. The molecule has 0 radical (unpaired) electrons. The van der Waals surface area contributed by atoms with Gasteiger partial charge in [-0.2, -0.15) is 0 Å². The fourth-order valence-corrected chi connectivity index (χ4v) is 3.15. The number of aliphatic hydroxyl groups is 2. The minimum absolute atomic E-state index is 0.0971. The van der Waals surface area contributed by atoms with Gasteiger partial charge < -0.3 is 10.2 Å². The van der Waals surface area contributed by atoms with E-state index >= 15 is 0 Å². The van der Waals surface area contributed by atoms with Crippen molar-refractivity contribution in [3.05, 3.63) is 0 Å². The second kappa shape index (κ2) is 24.9. The first-order valence-electron chi connectivity index (χ1n) is 11.9. The SMILES string of the molecule is CCCCCCCCCCC(C)O.CCCCCCCCCCC(C)O. The predicted octanol–water partition coefficient (Wildman–Crippen LogP) is 7.80. The molecule has 2 unspecified atom stereocenters. The molecule has 0 heterocycles. The molecular formula is C24H52O2. The Morgan fingerprint density at radius 1 is 0.423 bits per heavy atom. The van der Waals surface area contributed by atoms with Crippen LogP contribution in [0, 0.1) is 0 Å². The molecule has 0 aliphatic carbocycles. The topological polar surface area (TPSA) is 40.5 Å². The predicted molar refractivity (Wildman–Crippen MR) is 118 cm³/mol. The molecule has 0 aliphatic heterocycles. The smallest absolute Gasteiger partial charge is 0.0512 e. The lowest BCUT2D eigenvalue weighted by Gasteiger charge is -2.03. The van der Waals surface area contributed by atoms with Gasteiger partial charge in [-0.3, -0.25) is 0 Å². The maximum atomic E-state index is 9.03. The largest absolute Gasteiger partial charge is 0.393 e. The van der Waals surface area contributed by atoms with Crippen LogP contribution in [0.25, 0.3) is 0 Å². The van der Waals surface area contributed by atoms with Crippen molar-refractivity contribution in [3.8, 4) is 0 Å². The zero-order valence-corrected chi connectivity index (χ0v) is 18.8. The van der Waals surface area contributed by atoms with E-state index in [-0.39, 0.29) is 12.2 Å². The van der Waals surface area contributed by atoms with Gasteiger partial charge in [0.2, 0.25) is 0 Å². The standard InChI is InChI=1S/2C12H26O/c2*1-3-4-5-6-7-8-9-10-11-12(2)13/h2*12-13H,3-11H2,1-2H3. The summed E-state index contributed by atoms with van der Waals surface area (Å²) >= 11 is 0. The van der Waals surface area contributed by atoms with Crippen molar-refractivity contribution in [2.24, 2.45) is 0 Å². The molecule has 2 N–H and O–H groups in total. The Morgan fingerprint density at radius 2 is 0.654 bits per heavy atom. The van der Waals surface area contributed by atoms with E-state index in [2.05, 4.69) is 13.8 Å². The third-order valence-electron chi connectivity index (χ3n) is 4.95. The highest BCUT2D eigenvalue weighted by Crippen LogP contribution is 2.11. The highest BCUT2D eigenvalue weighted by Gasteiger charge is 1.96. The second-order valence-corrected chi connectivity index (χ2v) is 8.23. The Bertz CT molecular complexity index is 202. The van der Waals surface area contributed by atoms with E-state index in [0.717, 1.165) is 12.8 Å². The molecule has 26 heavy (non-hydrogen) atoms. The van der Waals surface area contributed by atoms with Gasteiger partial charge in [0.25, 0.3) is 0 Å². The molecule has 0 spiro atoms. The summed E-state index contributed by atoms with van der Waals surface area (Å²) in [4.78, 5) is 0. The number of hydrogen-bond donors (Lipinski definition) is 2. The molecule has 0 rings (SSSR count). The average Bonchev–Trinajstić information content (AvgIpc) is 2.60. The number of unbranched alkanes of at least 4 members (excludes halogenated alkanes) is 14. The van der Waals surface area contributed by atoms with Crippen LogP contribution >= 0.6 is 0 Å². The van der Waals surface area contributed by atoms with Crippen molar-refractivity contribution in [1.29, 1.82) is 0 Å². The molecule has 0 saturated heterocycles. The van der Waals surface area contributed by atoms with Gasteiger partial charge in [0, 0.05) is 0 Å². The van der Waals surface area contributed by atoms with Crippen molar-refractivity contribution in [2.75, 3.05) is 0 Å². The van der Waals surface area contributed by atoms with Gasteiger partial charge in [-0.15, -0.1) is 0 Å². The molecule has 2 heteroatoms. The number of rotatable bonds is 18. The minimum atomic E-state index is -0.0971. The van der Waals surface area contributed by atoms with E-state index in [1.165, 1.54) is 103 Å². The molecule has 0 bridgehead atoms.